The van der Waals surface area contributed by atoms with Crippen molar-refractivity contribution in [3.63, 3.8) is 0 Å². The molecule has 0 aliphatic heterocycles. The fraction of sp³-hybridized carbons (Fsp3) is 0.600. The van der Waals surface area contributed by atoms with Crippen LogP contribution in [-0.4, -0.2) is 0 Å². The first kappa shape index (κ1) is 12.0. The Hall–Kier alpha value is -0.430. The van der Waals surface area contributed by atoms with E-state index in [2.05, 4.69) is 50.7 Å². The van der Waals surface area contributed by atoms with E-state index in [4.69, 9.17) is 0 Å². The van der Waals surface area contributed by atoms with Gasteiger partial charge in [0.25, 0.3) is 0 Å². The molecular formula is C15H22S. The minimum Gasteiger partial charge on any atom is -0.168 e. The van der Waals surface area contributed by atoms with E-state index in [-0.39, 0.29) is 4.75 Å². The highest BCUT2D eigenvalue weighted by Gasteiger charge is 2.17. The lowest BCUT2D eigenvalue weighted by molar-refractivity contribution is 0.443. The number of hydrogen-bond acceptors (Lipinski definition) is 1. The predicted octanol–water partition coefficient (Wildman–Crippen LogP) is 4.90. The van der Waals surface area contributed by atoms with Gasteiger partial charge in [-0.3, -0.25) is 0 Å². The van der Waals surface area contributed by atoms with Crippen LogP contribution in [0.1, 0.15) is 63.0 Å². The van der Waals surface area contributed by atoms with Crippen molar-refractivity contribution >= 4 is 12.6 Å². The largest absolute Gasteiger partial charge is 0.168 e. The van der Waals surface area contributed by atoms with Gasteiger partial charge in [0.05, 0.1) is 0 Å². The van der Waals surface area contributed by atoms with E-state index in [0.29, 0.717) is 0 Å². The van der Waals surface area contributed by atoms with Crippen molar-refractivity contribution in [3.05, 3.63) is 35.4 Å². The van der Waals surface area contributed by atoms with Crippen LogP contribution in [0.3, 0.4) is 0 Å². The Morgan fingerprint density at radius 3 is 2.06 bits per heavy atom. The van der Waals surface area contributed by atoms with Gasteiger partial charge in [-0.25, -0.2) is 0 Å². The molecule has 1 aromatic rings. The second-order valence-electron chi connectivity index (χ2n) is 5.52. The van der Waals surface area contributed by atoms with E-state index in [1.807, 2.05) is 0 Å². The highest BCUT2D eigenvalue weighted by molar-refractivity contribution is 7.81. The van der Waals surface area contributed by atoms with Gasteiger partial charge in [-0.15, -0.1) is 0 Å². The molecule has 1 saturated carbocycles. The number of rotatable bonds is 2. The van der Waals surface area contributed by atoms with Crippen molar-refractivity contribution in [1.29, 1.82) is 0 Å². The zero-order valence-corrected chi connectivity index (χ0v) is 11.3. The molecule has 0 spiro atoms. The maximum atomic E-state index is 4.61. The quantitative estimate of drug-likeness (QED) is 0.691. The summed E-state index contributed by atoms with van der Waals surface area (Å²) in [5.41, 5.74) is 2.84. The Morgan fingerprint density at radius 1 is 1.00 bits per heavy atom. The van der Waals surface area contributed by atoms with Gasteiger partial charge in [0.2, 0.25) is 0 Å². The number of benzene rings is 1. The van der Waals surface area contributed by atoms with Crippen molar-refractivity contribution < 1.29 is 0 Å². The summed E-state index contributed by atoms with van der Waals surface area (Å²) in [5.74, 6) is 0.811. The van der Waals surface area contributed by atoms with E-state index >= 15 is 0 Å². The van der Waals surface area contributed by atoms with Crippen LogP contribution in [0.15, 0.2) is 24.3 Å². The lowest BCUT2D eigenvalue weighted by atomic mass is 9.83. The van der Waals surface area contributed by atoms with E-state index in [0.717, 1.165) is 5.92 Å². The Bertz CT molecular complexity index is 325. The zero-order valence-electron chi connectivity index (χ0n) is 10.4. The first-order chi connectivity index (χ1) is 7.57. The van der Waals surface area contributed by atoms with Gasteiger partial charge in [-0.05, 0) is 43.7 Å². The van der Waals surface area contributed by atoms with E-state index < -0.39 is 0 Å². The molecule has 0 aromatic heterocycles. The van der Waals surface area contributed by atoms with Gasteiger partial charge in [0.15, 0.2) is 0 Å². The molecule has 0 amide bonds. The molecule has 1 aliphatic carbocycles. The molecule has 0 heterocycles. The third-order valence-electron chi connectivity index (χ3n) is 3.69. The Morgan fingerprint density at radius 2 is 1.56 bits per heavy atom. The van der Waals surface area contributed by atoms with Crippen molar-refractivity contribution in [2.24, 2.45) is 0 Å². The minimum absolute atomic E-state index is 0.0227. The topological polar surface area (TPSA) is 0 Å². The molecule has 16 heavy (non-hydrogen) atoms. The molecule has 0 radical (unpaired) electrons. The second-order valence-corrected chi connectivity index (χ2v) is 6.63. The summed E-state index contributed by atoms with van der Waals surface area (Å²) in [6.45, 7) is 4.29. The van der Waals surface area contributed by atoms with Gasteiger partial charge in [-0.1, -0.05) is 43.5 Å². The molecule has 88 valence electrons. The highest BCUT2D eigenvalue weighted by atomic mass is 32.1. The van der Waals surface area contributed by atoms with E-state index in [1.165, 1.54) is 43.2 Å². The predicted molar refractivity (Wildman–Crippen MR) is 74.3 cm³/mol. The van der Waals surface area contributed by atoms with Crippen LogP contribution in [0, 0.1) is 0 Å². The molecule has 0 bridgehead atoms. The maximum Gasteiger partial charge on any atom is 0.0322 e. The van der Waals surface area contributed by atoms with Crippen LogP contribution in [-0.2, 0) is 4.75 Å². The SMILES string of the molecule is CC(C)(S)c1ccc(C2CCCCC2)cc1. The van der Waals surface area contributed by atoms with E-state index in [9.17, 15) is 0 Å². The van der Waals surface area contributed by atoms with Crippen LogP contribution in [0.25, 0.3) is 0 Å². The van der Waals surface area contributed by atoms with Gasteiger partial charge < -0.3 is 0 Å². The van der Waals surface area contributed by atoms with Crippen molar-refractivity contribution in [2.75, 3.05) is 0 Å². The van der Waals surface area contributed by atoms with Gasteiger partial charge >= 0.3 is 0 Å². The summed E-state index contributed by atoms with van der Waals surface area (Å²) in [4.78, 5) is 0. The highest BCUT2D eigenvalue weighted by Crippen LogP contribution is 2.34. The van der Waals surface area contributed by atoms with Crippen molar-refractivity contribution in [3.8, 4) is 0 Å². The first-order valence-electron chi connectivity index (χ1n) is 6.40. The lowest BCUT2D eigenvalue weighted by Crippen LogP contribution is -2.09. The molecule has 1 aromatic carbocycles. The van der Waals surface area contributed by atoms with Gasteiger partial charge in [0.1, 0.15) is 0 Å². The fourth-order valence-electron chi connectivity index (χ4n) is 2.60. The Balaban J connectivity index is 2.12. The lowest BCUT2D eigenvalue weighted by Gasteiger charge is -2.23. The number of hydrogen-bond donors (Lipinski definition) is 1. The third kappa shape index (κ3) is 2.82. The summed E-state index contributed by atoms with van der Waals surface area (Å²) < 4.78 is -0.0227. The second kappa shape index (κ2) is 4.83. The minimum atomic E-state index is -0.0227. The zero-order chi connectivity index (χ0) is 11.6. The van der Waals surface area contributed by atoms with Gasteiger partial charge in [0, 0.05) is 4.75 Å². The van der Waals surface area contributed by atoms with Gasteiger partial charge in [-0.2, -0.15) is 12.6 Å². The molecule has 0 nitrogen and oxygen atoms in total. The number of thiol groups is 1. The molecule has 1 fully saturated rings. The molecule has 2 rings (SSSR count). The molecular weight excluding hydrogens is 212 g/mol. The van der Waals surface area contributed by atoms with Crippen LogP contribution in [0.2, 0.25) is 0 Å². The average molecular weight is 234 g/mol. The summed E-state index contributed by atoms with van der Waals surface area (Å²) in [5, 5.41) is 0. The fourth-order valence-corrected chi connectivity index (χ4v) is 2.75. The van der Waals surface area contributed by atoms with Crippen LogP contribution in [0.4, 0.5) is 0 Å². The standard InChI is InChI=1S/C15H22S/c1-15(2,16)14-10-8-13(9-11-14)12-6-4-3-5-7-12/h8-12,16H,3-7H2,1-2H3. The summed E-state index contributed by atoms with van der Waals surface area (Å²) in [6.07, 6.45) is 7.00. The van der Waals surface area contributed by atoms with E-state index in [1.54, 1.807) is 0 Å². The molecule has 1 heteroatoms. The Labute approximate surface area is 105 Å². The normalized spacial score (nSPS) is 18.7. The first-order valence-corrected chi connectivity index (χ1v) is 6.85. The smallest absolute Gasteiger partial charge is 0.0322 e. The molecule has 0 atom stereocenters. The maximum absolute atomic E-state index is 4.61. The molecule has 0 unspecified atom stereocenters. The van der Waals surface area contributed by atoms with Crippen molar-refractivity contribution in [1.82, 2.24) is 0 Å². The Kier molecular flexibility index (Phi) is 3.63. The van der Waals surface area contributed by atoms with Crippen LogP contribution in [0.5, 0.6) is 0 Å². The molecule has 0 N–H and O–H groups in total. The summed E-state index contributed by atoms with van der Waals surface area (Å²) >= 11 is 4.61. The monoisotopic (exact) mass is 234 g/mol. The summed E-state index contributed by atoms with van der Waals surface area (Å²) in [7, 11) is 0. The third-order valence-corrected chi connectivity index (χ3v) is 3.95. The summed E-state index contributed by atoms with van der Waals surface area (Å²) in [6, 6.07) is 9.11. The van der Waals surface area contributed by atoms with Crippen molar-refractivity contribution in [2.45, 2.75) is 56.6 Å². The van der Waals surface area contributed by atoms with Crippen LogP contribution < -0.4 is 0 Å². The average Bonchev–Trinajstić information content (AvgIpc) is 2.29. The van der Waals surface area contributed by atoms with Crippen LogP contribution >= 0.6 is 12.6 Å². The molecule has 0 saturated heterocycles. The molecule has 1 aliphatic rings.